The predicted octanol–water partition coefficient (Wildman–Crippen LogP) is 2.42. The monoisotopic (exact) mass is 177 g/mol. The molecule has 0 aromatic carbocycles. The Morgan fingerprint density at radius 3 is 2.54 bits per heavy atom. The van der Waals surface area contributed by atoms with E-state index in [2.05, 4.69) is 24.8 Å². The average Bonchev–Trinajstić information content (AvgIpc) is 2.12. The highest BCUT2D eigenvalue weighted by Crippen LogP contribution is 2.15. The van der Waals surface area contributed by atoms with Gasteiger partial charge < -0.3 is 5.21 Å². The van der Waals surface area contributed by atoms with E-state index in [0.717, 1.165) is 0 Å². The maximum absolute atomic E-state index is 11.0. The second kappa shape index (κ2) is 5.21. The van der Waals surface area contributed by atoms with Crippen LogP contribution in [0.5, 0.6) is 0 Å². The number of rotatable bonds is 4. The maximum Gasteiger partial charge on any atom is 0.191 e. The van der Waals surface area contributed by atoms with Crippen molar-refractivity contribution in [3.8, 4) is 0 Å². The molecule has 0 aliphatic heterocycles. The summed E-state index contributed by atoms with van der Waals surface area (Å²) in [6.45, 7) is 10.5. The Bertz CT molecular complexity index is 291. The van der Waals surface area contributed by atoms with Gasteiger partial charge in [0.25, 0.3) is 0 Å². The van der Waals surface area contributed by atoms with Gasteiger partial charge in [-0.05, 0) is 25.2 Å². The molecule has 0 aromatic heterocycles. The second-order valence-corrected chi connectivity index (χ2v) is 2.93. The highest BCUT2D eigenvalue weighted by atomic mass is 16.5. The molecule has 0 N–H and O–H groups in total. The molecule has 2 heteroatoms. The lowest BCUT2D eigenvalue weighted by Gasteiger charge is -2.21. The average molecular weight is 177 g/mol. The Morgan fingerprint density at radius 1 is 1.54 bits per heavy atom. The van der Waals surface area contributed by atoms with Crippen molar-refractivity contribution in [3.05, 3.63) is 41.5 Å². The maximum atomic E-state index is 11.0. The first-order valence-electron chi connectivity index (χ1n) is 4.09. The first-order valence-corrected chi connectivity index (χ1v) is 4.09. The fraction of sp³-hybridized carbons (Fsp3) is 0.364. The van der Waals surface area contributed by atoms with Crippen LogP contribution in [0.1, 0.15) is 20.3 Å². The van der Waals surface area contributed by atoms with Crippen LogP contribution >= 0.6 is 0 Å². The van der Waals surface area contributed by atoms with E-state index < -0.39 is 5.54 Å². The number of hydrogen-bond acceptors (Lipinski definition) is 1. The van der Waals surface area contributed by atoms with Crippen molar-refractivity contribution < 1.29 is 4.74 Å². The summed E-state index contributed by atoms with van der Waals surface area (Å²) in [4.78, 5) is 0. The van der Waals surface area contributed by atoms with E-state index in [-0.39, 0.29) is 0 Å². The number of allylic oxidation sites excluding steroid dienone is 1. The lowest BCUT2D eigenvalue weighted by molar-refractivity contribution is -0.520. The lowest BCUT2D eigenvalue weighted by Crippen LogP contribution is -2.31. The van der Waals surface area contributed by atoms with E-state index in [1.165, 1.54) is 0 Å². The van der Waals surface area contributed by atoms with E-state index >= 15 is 0 Å². The summed E-state index contributed by atoms with van der Waals surface area (Å²) in [5, 5.41) is 11.0. The Balaban J connectivity index is 4.56. The Morgan fingerprint density at radius 2 is 2.15 bits per heavy atom. The van der Waals surface area contributed by atoms with E-state index in [1.807, 2.05) is 6.92 Å². The molecular formula is C11H15NO. The lowest BCUT2D eigenvalue weighted by atomic mass is 9.99. The van der Waals surface area contributed by atoms with E-state index in [0.29, 0.717) is 11.2 Å². The van der Waals surface area contributed by atoms with Gasteiger partial charge in [0.1, 0.15) is 6.72 Å². The molecule has 0 aliphatic rings. The summed E-state index contributed by atoms with van der Waals surface area (Å²) in [7, 11) is 0. The molecule has 0 radical (unpaired) electrons. The summed E-state index contributed by atoms with van der Waals surface area (Å²) >= 11 is 0. The molecule has 0 saturated carbocycles. The molecule has 1 atom stereocenters. The van der Waals surface area contributed by atoms with Gasteiger partial charge in [-0.25, -0.2) is 4.74 Å². The van der Waals surface area contributed by atoms with Gasteiger partial charge in [0, 0.05) is 13.3 Å². The third-order valence-electron chi connectivity index (χ3n) is 1.85. The standard InChI is InChI=1S/C11H15NO/c1-5-7-8-9-10-11(3,6-2)12(4)13/h5-6,9H,2,4,10H2,1,3H3. The number of hydrogen-bond donors (Lipinski definition) is 0. The molecule has 13 heavy (non-hydrogen) atoms. The van der Waals surface area contributed by atoms with Crippen LogP contribution in [0.15, 0.2) is 36.3 Å². The van der Waals surface area contributed by atoms with Gasteiger partial charge in [-0.2, -0.15) is 0 Å². The summed E-state index contributed by atoms with van der Waals surface area (Å²) < 4.78 is 0.647. The number of hydroxylamine groups is 1. The minimum atomic E-state index is -0.650. The molecule has 0 aromatic rings. The summed E-state index contributed by atoms with van der Waals surface area (Å²) in [5.41, 5.74) is 4.94. The van der Waals surface area contributed by atoms with Crippen molar-refractivity contribution in [2.24, 2.45) is 0 Å². The highest BCUT2D eigenvalue weighted by molar-refractivity contribution is 5.17. The van der Waals surface area contributed by atoms with Crippen molar-refractivity contribution in [3.63, 3.8) is 0 Å². The van der Waals surface area contributed by atoms with Crippen LogP contribution in [0, 0.1) is 5.21 Å². The minimum absolute atomic E-state index is 0.532. The molecule has 0 bridgehead atoms. The van der Waals surface area contributed by atoms with Gasteiger partial charge in [0.15, 0.2) is 5.54 Å². The fourth-order valence-electron chi connectivity index (χ4n) is 0.687. The Labute approximate surface area is 79.5 Å². The molecule has 0 aliphatic carbocycles. The Kier molecular flexibility index (Phi) is 4.61. The van der Waals surface area contributed by atoms with Crippen LogP contribution in [0.2, 0.25) is 0 Å². The van der Waals surface area contributed by atoms with Crippen LogP contribution in [0.4, 0.5) is 0 Å². The molecule has 1 unspecified atom stereocenters. The molecule has 0 spiro atoms. The fourth-order valence-corrected chi connectivity index (χ4v) is 0.687. The van der Waals surface area contributed by atoms with Gasteiger partial charge in [0.05, 0.1) is 0 Å². The predicted molar refractivity (Wildman–Crippen MR) is 55.8 cm³/mol. The molecule has 2 nitrogen and oxygen atoms in total. The first-order chi connectivity index (χ1) is 6.06. The summed E-state index contributed by atoms with van der Waals surface area (Å²) in [6.07, 6.45) is 5.61. The van der Waals surface area contributed by atoms with Gasteiger partial charge in [0.2, 0.25) is 0 Å². The highest BCUT2D eigenvalue weighted by Gasteiger charge is 2.25. The quantitative estimate of drug-likeness (QED) is 0.162. The molecule has 0 saturated heterocycles. The first kappa shape index (κ1) is 11.5. The zero-order valence-electron chi connectivity index (χ0n) is 8.21. The zero-order chi connectivity index (χ0) is 10.3. The largest absolute Gasteiger partial charge is 0.624 e. The van der Waals surface area contributed by atoms with E-state index in [4.69, 9.17) is 0 Å². The summed E-state index contributed by atoms with van der Waals surface area (Å²) in [6, 6.07) is 0. The topological polar surface area (TPSA) is 26.1 Å². The Hall–Kier alpha value is -1.49. The van der Waals surface area contributed by atoms with Crippen molar-refractivity contribution in [2.45, 2.75) is 25.8 Å². The molecule has 0 rings (SSSR count). The molecule has 0 fully saturated rings. The van der Waals surface area contributed by atoms with Gasteiger partial charge in [-0.15, -0.1) is 0 Å². The van der Waals surface area contributed by atoms with Crippen LogP contribution in [-0.4, -0.2) is 17.0 Å². The van der Waals surface area contributed by atoms with Crippen molar-refractivity contribution in [2.75, 3.05) is 0 Å². The normalized spacial score (nSPS) is 13.1. The molecule has 0 heterocycles. The van der Waals surface area contributed by atoms with Gasteiger partial charge in [-0.3, -0.25) is 0 Å². The second-order valence-electron chi connectivity index (χ2n) is 2.93. The number of nitrogens with zero attached hydrogens (tertiary/aromatic N) is 1. The van der Waals surface area contributed by atoms with Crippen molar-refractivity contribution >= 4 is 6.72 Å². The van der Waals surface area contributed by atoms with Crippen molar-refractivity contribution in [1.29, 1.82) is 0 Å². The SMILES string of the molecule is C=CC(C)(CC=C=C=CC)[N+](=C)[O-]. The molecular weight excluding hydrogens is 162 g/mol. The smallest absolute Gasteiger partial charge is 0.191 e. The third-order valence-corrected chi connectivity index (χ3v) is 1.85. The van der Waals surface area contributed by atoms with Crippen LogP contribution in [0.25, 0.3) is 0 Å². The molecule has 70 valence electrons. The van der Waals surface area contributed by atoms with Crippen LogP contribution in [-0.2, 0) is 0 Å². The van der Waals surface area contributed by atoms with E-state index in [9.17, 15) is 5.21 Å². The van der Waals surface area contributed by atoms with Crippen molar-refractivity contribution in [1.82, 2.24) is 0 Å². The van der Waals surface area contributed by atoms with Crippen LogP contribution in [0.3, 0.4) is 0 Å². The van der Waals surface area contributed by atoms with E-state index in [1.54, 1.807) is 25.2 Å². The van der Waals surface area contributed by atoms with Crippen LogP contribution < -0.4 is 0 Å². The van der Waals surface area contributed by atoms with Gasteiger partial charge >= 0.3 is 0 Å². The third kappa shape index (κ3) is 3.62. The molecule has 0 amide bonds. The minimum Gasteiger partial charge on any atom is -0.624 e. The van der Waals surface area contributed by atoms with Gasteiger partial charge in [-0.1, -0.05) is 18.0 Å². The zero-order valence-corrected chi connectivity index (χ0v) is 8.21. The summed E-state index contributed by atoms with van der Waals surface area (Å²) in [5.74, 6) is 0.